The van der Waals surface area contributed by atoms with E-state index in [0.29, 0.717) is 11.5 Å². The molecule has 21 heavy (non-hydrogen) atoms. The fourth-order valence-electron chi connectivity index (χ4n) is 2.28. The molecule has 0 aliphatic rings. The zero-order chi connectivity index (χ0) is 15.8. The van der Waals surface area contributed by atoms with Gasteiger partial charge in [-0.25, -0.2) is 0 Å². The molecule has 1 N–H and O–H groups in total. The second-order valence-corrected chi connectivity index (χ2v) is 5.30. The van der Waals surface area contributed by atoms with Gasteiger partial charge >= 0.3 is 6.18 Å². The third kappa shape index (κ3) is 3.35. The molecule has 1 atom stereocenters. The molecule has 1 unspecified atom stereocenters. The smallest absolute Gasteiger partial charge is 0.418 e. The number of anilines is 1. The molecule has 0 saturated carbocycles. The number of halogens is 4. The Morgan fingerprint density at radius 3 is 2.43 bits per heavy atom. The summed E-state index contributed by atoms with van der Waals surface area (Å²) in [5, 5.41) is 2.88. The van der Waals surface area contributed by atoms with Crippen LogP contribution in [0.1, 0.15) is 35.6 Å². The molecule has 2 aromatic rings. The summed E-state index contributed by atoms with van der Waals surface area (Å²) in [4.78, 5) is 0. The van der Waals surface area contributed by atoms with Crippen molar-refractivity contribution in [2.45, 2.75) is 33.0 Å². The number of alkyl halides is 3. The Labute approximate surface area is 125 Å². The summed E-state index contributed by atoms with van der Waals surface area (Å²) in [7, 11) is 0. The maximum absolute atomic E-state index is 13.0. The van der Waals surface area contributed by atoms with Crippen molar-refractivity contribution in [2.75, 3.05) is 5.32 Å². The Morgan fingerprint density at radius 1 is 1.24 bits per heavy atom. The highest BCUT2D eigenvalue weighted by molar-refractivity contribution is 6.33. The summed E-state index contributed by atoms with van der Waals surface area (Å²) in [5.74, 6) is 1.39. The number of aryl methyl sites for hydroxylation is 2. The third-order valence-corrected chi connectivity index (χ3v) is 3.54. The predicted molar refractivity (Wildman–Crippen MR) is 76.7 cm³/mol. The normalized spacial score (nSPS) is 13.3. The molecular formula is C15H15ClF3NO. The van der Waals surface area contributed by atoms with Crippen molar-refractivity contribution in [3.8, 4) is 0 Å². The number of furan rings is 1. The van der Waals surface area contributed by atoms with E-state index in [1.54, 1.807) is 26.8 Å². The predicted octanol–water partition coefficient (Wildman–Crippen LogP) is 5.74. The number of hydrogen-bond donors (Lipinski definition) is 1. The number of hydrogen-bond acceptors (Lipinski definition) is 2. The van der Waals surface area contributed by atoms with Crippen molar-refractivity contribution < 1.29 is 17.6 Å². The van der Waals surface area contributed by atoms with Gasteiger partial charge in [0.25, 0.3) is 0 Å². The van der Waals surface area contributed by atoms with E-state index in [-0.39, 0.29) is 16.8 Å². The van der Waals surface area contributed by atoms with Gasteiger partial charge in [0.2, 0.25) is 0 Å². The average Bonchev–Trinajstić information content (AvgIpc) is 2.69. The van der Waals surface area contributed by atoms with E-state index in [2.05, 4.69) is 5.32 Å². The van der Waals surface area contributed by atoms with E-state index >= 15 is 0 Å². The Kier molecular flexibility index (Phi) is 4.23. The zero-order valence-electron chi connectivity index (χ0n) is 11.8. The van der Waals surface area contributed by atoms with Gasteiger partial charge in [0, 0.05) is 5.56 Å². The molecular weight excluding hydrogens is 303 g/mol. The van der Waals surface area contributed by atoms with Gasteiger partial charge in [0.15, 0.2) is 0 Å². The Hall–Kier alpha value is -1.62. The minimum Gasteiger partial charge on any atom is -0.466 e. The molecule has 0 radical (unpaired) electrons. The molecule has 2 nitrogen and oxygen atoms in total. The summed E-state index contributed by atoms with van der Waals surface area (Å²) in [6, 6.07) is 5.17. The highest BCUT2D eigenvalue weighted by Gasteiger charge is 2.34. The molecule has 0 amide bonds. The van der Waals surface area contributed by atoms with Crippen molar-refractivity contribution in [3.05, 3.63) is 51.9 Å². The second kappa shape index (κ2) is 5.64. The largest absolute Gasteiger partial charge is 0.466 e. The molecule has 0 aliphatic heterocycles. The molecule has 1 aromatic heterocycles. The molecule has 114 valence electrons. The first-order valence-electron chi connectivity index (χ1n) is 6.39. The van der Waals surface area contributed by atoms with E-state index in [4.69, 9.17) is 16.0 Å². The first kappa shape index (κ1) is 15.8. The van der Waals surface area contributed by atoms with E-state index in [9.17, 15) is 13.2 Å². The highest BCUT2D eigenvalue weighted by Crippen LogP contribution is 2.40. The molecule has 2 rings (SSSR count). The molecule has 1 aromatic carbocycles. The monoisotopic (exact) mass is 317 g/mol. The van der Waals surface area contributed by atoms with Crippen LogP contribution in [0, 0.1) is 13.8 Å². The van der Waals surface area contributed by atoms with Crippen LogP contribution < -0.4 is 5.32 Å². The van der Waals surface area contributed by atoms with Gasteiger partial charge < -0.3 is 9.73 Å². The lowest BCUT2D eigenvalue weighted by Crippen LogP contribution is -2.14. The summed E-state index contributed by atoms with van der Waals surface area (Å²) in [6.45, 7) is 5.33. The number of benzene rings is 1. The first-order valence-corrected chi connectivity index (χ1v) is 6.77. The van der Waals surface area contributed by atoms with Gasteiger partial charge in [0.05, 0.1) is 22.3 Å². The first-order chi connectivity index (χ1) is 9.70. The van der Waals surface area contributed by atoms with Gasteiger partial charge in [-0.3, -0.25) is 0 Å². The Bertz CT molecular complexity index is 649. The van der Waals surface area contributed by atoms with E-state index < -0.39 is 11.7 Å². The van der Waals surface area contributed by atoms with Crippen molar-refractivity contribution in [2.24, 2.45) is 0 Å². The van der Waals surface area contributed by atoms with Gasteiger partial charge in [-0.2, -0.15) is 13.2 Å². The lowest BCUT2D eigenvalue weighted by Gasteiger charge is -2.20. The summed E-state index contributed by atoms with van der Waals surface area (Å²) < 4.78 is 44.5. The molecule has 0 spiro atoms. The molecule has 0 bridgehead atoms. The minimum absolute atomic E-state index is 0.0366. The topological polar surface area (TPSA) is 25.2 Å². The number of para-hydroxylation sites is 1. The quantitative estimate of drug-likeness (QED) is 0.780. The van der Waals surface area contributed by atoms with Crippen molar-refractivity contribution >= 4 is 17.3 Å². The third-order valence-electron chi connectivity index (χ3n) is 3.23. The van der Waals surface area contributed by atoms with Crippen LogP contribution in [0.25, 0.3) is 0 Å². The maximum Gasteiger partial charge on any atom is 0.418 e. The standard InChI is InChI=1S/C15H15ClF3NO/c1-8-7-11(10(3)21-8)9(2)20-14-12(15(17,18)19)5-4-6-13(14)16/h4-7,9,20H,1-3H3. The number of nitrogens with one attached hydrogen (secondary N) is 1. The van der Waals surface area contributed by atoms with Crippen LogP contribution in [0.4, 0.5) is 18.9 Å². The molecule has 6 heteroatoms. The van der Waals surface area contributed by atoms with Crippen molar-refractivity contribution in [1.82, 2.24) is 0 Å². The van der Waals surface area contributed by atoms with E-state index in [1.165, 1.54) is 12.1 Å². The fraction of sp³-hybridized carbons (Fsp3) is 0.333. The molecule has 0 fully saturated rings. The summed E-state index contributed by atoms with van der Waals surface area (Å²) in [6.07, 6.45) is -4.46. The van der Waals surface area contributed by atoms with Crippen molar-refractivity contribution in [1.29, 1.82) is 0 Å². The van der Waals surface area contributed by atoms with Crippen molar-refractivity contribution in [3.63, 3.8) is 0 Å². The lowest BCUT2D eigenvalue weighted by molar-refractivity contribution is -0.137. The Morgan fingerprint density at radius 2 is 1.90 bits per heavy atom. The number of rotatable bonds is 3. The van der Waals surface area contributed by atoms with Crippen LogP contribution in [0.15, 0.2) is 28.7 Å². The fourth-order valence-corrected chi connectivity index (χ4v) is 2.51. The van der Waals surface area contributed by atoms with E-state index in [1.807, 2.05) is 0 Å². The van der Waals surface area contributed by atoms with Crippen LogP contribution in [0.2, 0.25) is 5.02 Å². The summed E-state index contributed by atoms with van der Waals surface area (Å²) in [5.41, 5.74) is -0.0855. The van der Waals surface area contributed by atoms with Gasteiger partial charge in [-0.05, 0) is 39.0 Å². The van der Waals surface area contributed by atoms with Gasteiger partial charge in [-0.15, -0.1) is 0 Å². The highest BCUT2D eigenvalue weighted by atomic mass is 35.5. The van der Waals surface area contributed by atoms with Crippen LogP contribution in [-0.4, -0.2) is 0 Å². The maximum atomic E-state index is 13.0. The Balaban J connectivity index is 2.37. The SMILES string of the molecule is Cc1cc(C(C)Nc2c(Cl)cccc2C(F)(F)F)c(C)o1. The summed E-state index contributed by atoms with van der Waals surface area (Å²) >= 11 is 5.93. The van der Waals surface area contributed by atoms with Gasteiger partial charge in [0.1, 0.15) is 11.5 Å². The van der Waals surface area contributed by atoms with E-state index in [0.717, 1.165) is 11.6 Å². The minimum atomic E-state index is -4.46. The molecule has 1 heterocycles. The zero-order valence-corrected chi connectivity index (χ0v) is 12.6. The van der Waals surface area contributed by atoms with Crippen LogP contribution >= 0.6 is 11.6 Å². The average molecular weight is 318 g/mol. The van der Waals surface area contributed by atoms with Crippen LogP contribution in [0.3, 0.4) is 0 Å². The van der Waals surface area contributed by atoms with Gasteiger partial charge in [-0.1, -0.05) is 17.7 Å². The van der Waals surface area contributed by atoms with Crippen LogP contribution in [0.5, 0.6) is 0 Å². The lowest BCUT2D eigenvalue weighted by atomic mass is 10.1. The molecule has 0 aliphatic carbocycles. The second-order valence-electron chi connectivity index (χ2n) is 4.89. The molecule has 0 saturated heterocycles. The van der Waals surface area contributed by atoms with Crippen LogP contribution in [-0.2, 0) is 6.18 Å².